The van der Waals surface area contributed by atoms with Gasteiger partial charge >= 0.3 is 5.97 Å². The van der Waals surface area contributed by atoms with E-state index < -0.39 is 18.5 Å². The molecule has 0 aliphatic rings. The predicted octanol–water partition coefficient (Wildman–Crippen LogP) is 4.08. The summed E-state index contributed by atoms with van der Waals surface area (Å²) < 4.78 is 5.12. The van der Waals surface area contributed by atoms with Crippen molar-refractivity contribution in [1.29, 1.82) is 0 Å². The average Bonchev–Trinajstić information content (AvgIpc) is 2.83. The first kappa shape index (κ1) is 19.9. The fourth-order valence-corrected chi connectivity index (χ4v) is 3.52. The molecule has 1 aromatic carbocycles. The number of anilines is 2. The minimum atomic E-state index is -0.659. The van der Waals surface area contributed by atoms with Gasteiger partial charge in [0.15, 0.2) is 6.61 Å². The smallest absolute Gasteiger partial charge is 0.341 e. The lowest BCUT2D eigenvalue weighted by Gasteiger charge is -2.10. The fourth-order valence-electron chi connectivity index (χ4n) is 2.25. The molecule has 0 saturated carbocycles. The highest BCUT2D eigenvalue weighted by Crippen LogP contribution is 2.33. The molecule has 138 valence electrons. The van der Waals surface area contributed by atoms with Crippen molar-refractivity contribution in [2.24, 2.45) is 0 Å². The van der Waals surface area contributed by atoms with Crippen molar-refractivity contribution in [3.63, 3.8) is 0 Å². The number of thiophene rings is 1. The minimum absolute atomic E-state index is 0.273. The summed E-state index contributed by atoms with van der Waals surface area (Å²) >= 11 is 7.30. The van der Waals surface area contributed by atoms with Crippen LogP contribution in [0.4, 0.5) is 10.7 Å². The van der Waals surface area contributed by atoms with E-state index in [9.17, 15) is 14.4 Å². The Morgan fingerprint density at radius 1 is 1.12 bits per heavy atom. The molecule has 2 aromatic rings. The second kappa shape index (κ2) is 8.33. The Bertz CT molecular complexity index is 876. The van der Waals surface area contributed by atoms with Gasteiger partial charge in [-0.2, -0.15) is 0 Å². The number of esters is 1. The van der Waals surface area contributed by atoms with E-state index in [0.717, 1.165) is 16.0 Å². The number of rotatable bonds is 5. The first-order chi connectivity index (χ1) is 12.2. The Balaban J connectivity index is 2.06. The zero-order valence-electron chi connectivity index (χ0n) is 14.9. The largest absolute Gasteiger partial charge is 0.452 e. The molecule has 0 atom stereocenters. The summed E-state index contributed by atoms with van der Waals surface area (Å²) in [7, 11) is 0. The fraction of sp³-hybridized carbons (Fsp3) is 0.278. The maximum Gasteiger partial charge on any atom is 0.341 e. The van der Waals surface area contributed by atoms with Crippen molar-refractivity contribution in [1.82, 2.24) is 0 Å². The van der Waals surface area contributed by atoms with Crippen LogP contribution in [0, 0.1) is 20.8 Å². The first-order valence-electron chi connectivity index (χ1n) is 7.80. The van der Waals surface area contributed by atoms with Crippen LogP contribution in [0.15, 0.2) is 18.2 Å². The Morgan fingerprint density at radius 2 is 1.81 bits per heavy atom. The highest BCUT2D eigenvalue weighted by molar-refractivity contribution is 7.16. The molecule has 0 unspecified atom stereocenters. The molecule has 0 bridgehead atoms. The molecule has 8 heteroatoms. The van der Waals surface area contributed by atoms with E-state index in [2.05, 4.69) is 10.6 Å². The van der Waals surface area contributed by atoms with Gasteiger partial charge < -0.3 is 15.4 Å². The molecule has 0 aliphatic carbocycles. The van der Waals surface area contributed by atoms with Gasteiger partial charge in [0, 0.05) is 22.5 Å². The third kappa shape index (κ3) is 4.62. The van der Waals surface area contributed by atoms with Gasteiger partial charge in [0.1, 0.15) is 5.00 Å². The number of carbonyl (C=O) groups is 3. The van der Waals surface area contributed by atoms with Gasteiger partial charge in [-0.05, 0) is 44.0 Å². The van der Waals surface area contributed by atoms with Crippen molar-refractivity contribution < 1.29 is 19.1 Å². The molecule has 1 aromatic heterocycles. The maximum absolute atomic E-state index is 12.4. The Kier molecular flexibility index (Phi) is 6.39. The predicted molar refractivity (Wildman–Crippen MR) is 103 cm³/mol. The summed E-state index contributed by atoms with van der Waals surface area (Å²) in [6.45, 7) is 6.31. The molecule has 2 amide bonds. The number of nitrogens with one attached hydrogen (secondary N) is 2. The molecular formula is C18H19ClN2O4S. The van der Waals surface area contributed by atoms with Crippen LogP contribution in [0.2, 0.25) is 5.02 Å². The monoisotopic (exact) mass is 394 g/mol. The topological polar surface area (TPSA) is 84.5 Å². The van der Waals surface area contributed by atoms with Crippen LogP contribution in [0.5, 0.6) is 0 Å². The van der Waals surface area contributed by atoms with Gasteiger partial charge in [-0.25, -0.2) is 4.79 Å². The minimum Gasteiger partial charge on any atom is -0.452 e. The van der Waals surface area contributed by atoms with Crippen molar-refractivity contribution in [3.8, 4) is 0 Å². The Labute approximate surface area is 160 Å². The number of hydrogen-bond donors (Lipinski definition) is 2. The summed E-state index contributed by atoms with van der Waals surface area (Å²) in [5.41, 5.74) is 2.27. The molecule has 0 spiro atoms. The SMILES string of the molecule is CC(=O)Nc1sc(C)c(C)c1C(=O)OCC(=O)Nc1cccc(Cl)c1C. The molecule has 26 heavy (non-hydrogen) atoms. The van der Waals surface area contributed by atoms with Gasteiger partial charge in [0.2, 0.25) is 5.91 Å². The molecule has 0 aliphatic heterocycles. The number of hydrogen-bond acceptors (Lipinski definition) is 5. The van der Waals surface area contributed by atoms with Crippen LogP contribution in [-0.4, -0.2) is 24.4 Å². The summed E-state index contributed by atoms with van der Waals surface area (Å²) in [6, 6.07) is 5.15. The number of carbonyl (C=O) groups excluding carboxylic acids is 3. The van der Waals surface area contributed by atoms with Gasteiger partial charge in [-0.3, -0.25) is 9.59 Å². The van der Waals surface area contributed by atoms with E-state index in [1.807, 2.05) is 6.92 Å². The first-order valence-corrected chi connectivity index (χ1v) is 8.99. The van der Waals surface area contributed by atoms with Crippen LogP contribution in [-0.2, 0) is 14.3 Å². The van der Waals surface area contributed by atoms with E-state index >= 15 is 0 Å². The quantitative estimate of drug-likeness (QED) is 0.748. The second-order valence-corrected chi connectivity index (χ2v) is 7.34. The maximum atomic E-state index is 12.4. The van der Waals surface area contributed by atoms with Crippen LogP contribution in [0.1, 0.15) is 33.3 Å². The number of aryl methyl sites for hydroxylation is 1. The number of halogens is 1. The van der Waals surface area contributed by atoms with Gasteiger partial charge in [0.25, 0.3) is 5.91 Å². The highest BCUT2D eigenvalue weighted by Gasteiger charge is 2.22. The average molecular weight is 395 g/mol. The lowest BCUT2D eigenvalue weighted by molar-refractivity contribution is -0.119. The van der Waals surface area contributed by atoms with Crippen molar-refractivity contribution in [3.05, 3.63) is 44.8 Å². The van der Waals surface area contributed by atoms with Crippen LogP contribution in [0.3, 0.4) is 0 Å². The second-order valence-electron chi connectivity index (χ2n) is 5.71. The van der Waals surface area contributed by atoms with Crippen molar-refractivity contribution in [2.75, 3.05) is 17.2 Å². The Morgan fingerprint density at radius 3 is 2.46 bits per heavy atom. The number of ether oxygens (including phenoxy) is 1. The summed E-state index contributed by atoms with van der Waals surface area (Å²) in [6.07, 6.45) is 0. The lowest BCUT2D eigenvalue weighted by atomic mass is 10.1. The molecule has 0 fully saturated rings. The van der Waals surface area contributed by atoms with Gasteiger partial charge in [0.05, 0.1) is 5.56 Å². The standard InChI is InChI=1S/C18H19ClN2O4S/c1-9-11(3)26-17(20-12(4)22)16(9)18(24)25-8-15(23)21-14-7-5-6-13(19)10(14)2/h5-7H,8H2,1-4H3,(H,20,22)(H,21,23). The molecule has 1 heterocycles. The molecule has 0 saturated heterocycles. The van der Waals surface area contributed by atoms with E-state index in [-0.39, 0.29) is 11.5 Å². The molecule has 0 radical (unpaired) electrons. The Hall–Kier alpha value is -2.38. The van der Waals surface area contributed by atoms with E-state index in [4.69, 9.17) is 16.3 Å². The summed E-state index contributed by atoms with van der Waals surface area (Å²) in [5.74, 6) is -1.42. The molecule has 6 nitrogen and oxygen atoms in total. The van der Waals surface area contributed by atoms with Gasteiger partial charge in [-0.1, -0.05) is 17.7 Å². The third-order valence-corrected chi connectivity index (χ3v) is 5.29. The normalized spacial score (nSPS) is 10.3. The van der Waals surface area contributed by atoms with E-state index in [1.54, 1.807) is 32.0 Å². The zero-order valence-corrected chi connectivity index (χ0v) is 16.4. The highest BCUT2D eigenvalue weighted by atomic mass is 35.5. The number of benzene rings is 1. The molecule has 2 N–H and O–H groups in total. The molecular weight excluding hydrogens is 376 g/mol. The van der Waals surface area contributed by atoms with Crippen LogP contribution >= 0.6 is 22.9 Å². The summed E-state index contributed by atoms with van der Waals surface area (Å²) in [5, 5.41) is 6.23. The lowest BCUT2D eigenvalue weighted by Crippen LogP contribution is -2.22. The number of amides is 2. The van der Waals surface area contributed by atoms with Crippen molar-refractivity contribution >= 4 is 51.4 Å². The van der Waals surface area contributed by atoms with Crippen LogP contribution < -0.4 is 10.6 Å². The molecule has 2 rings (SSSR count). The third-order valence-electron chi connectivity index (χ3n) is 3.76. The van der Waals surface area contributed by atoms with E-state index in [1.165, 1.54) is 18.3 Å². The summed E-state index contributed by atoms with van der Waals surface area (Å²) in [4.78, 5) is 36.7. The van der Waals surface area contributed by atoms with Crippen molar-refractivity contribution in [2.45, 2.75) is 27.7 Å². The zero-order chi connectivity index (χ0) is 19.4. The van der Waals surface area contributed by atoms with E-state index in [0.29, 0.717) is 15.7 Å². The van der Waals surface area contributed by atoms with Crippen LogP contribution in [0.25, 0.3) is 0 Å². The van der Waals surface area contributed by atoms with Gasteiger partial charge in [-0.15, -0.1) is 11.3 Å².